The van der Waals surface area contributed by atoms with Crippen molar-refractivity contribution >= 4 is 45.2 Å². The third kappa shape index (κ3) is 10.3. The molecule has 1 amide bonds. The number of phenolic OH excluding ortho intramolecular Hbond substituents is 1. The van der Waals surface area contributed by atoms with Crippen LogP contribution < -0.4 is 21.5 Å². The van der Waals surface area contributed by atoms with Gasteiger partial charge in [0.2, 0.25) is 5.91 Å². The lowest BCUT2D eigenvalue weighted by Crippen LogP contribution is -2.55. The van der Waals surface area contributed by atoms with Gasteiger partial charge in [0.25, 0.3) is 0 Å². The molecule has 1 aromatic heterocycles. The van der Waals surface area contributed by atoms with Gasteiger partial charge in [-0.25, -0.2) is 4.98 Å². The van der Waals surface area contributed by atoms with E-state index in [1.54, 1.807) is 6.20 Å². The Morgan fingerprint density at radius 3 is 2.48 bits per heavy atom. The van der Waals surface area contributed by atoms with Gasteiger partial charge in [-0.15, -0.1) is 0 Å². The number of nitrogens with one attached hydrogen (secondary N) is 1. The zero-order chi connectivity index (χ0) is 47.9. The van der Waals surface area contributed by atoms with E-state index in [1.807, 2.05) is 17.0 Å². The summed E-state index contributed by atoms with van der Waals surface area (Å²) in [6, 6.07) is 6.01. The largest absolute Gasteiger partial charge is 0.504 e. The van der Waals surface area contributed by atoms with E-state index < -0.39 is 17.1 Å². The lowest BCUT2D eigenvalue weighted by atomic mass is 9.71. The number of benzene rings is 1. The number of carbonyl (C=O) groups excluding carboxylic acids is 2. The van der Waals surface area contributed by atoms with Gasteiger partial charge >= 0.3 is 5.97 Å². The number of pyridine rings is 1. The van der Waals surface area contributed by atoms with E-state index in [9.17, 15) is 19.8 Å². The maximum atomic E-state index is 14.5. The fraction of sp³-hybridized carbons (Fsp3) is 0.745. The van der Waals surface area contributed by atoms with E-state index in [-0.39, 0.29) is 46.5 Å². The van der Waals surface area contributed by atoms with Crippen LogP contribution in [0.3, 0.4) is 0 Å². The molecule has 5 aliphatic carbocycles. The van der Waals surface area contributed by atoms with Gasteiger partial charge in [0.05, 0.1) is 6.10 Å². The van der Waals surface area contributed by atoms with Gasteiger partial charge in [-0.3, -0.25) is 14.6 Å². The number of aryl methyl sites for hydroxylation is 1. The first kappa shape index (κ1) is 49.2. The predicted molar refractivity (Wildman–Crippen MR) is 276 cm³/mol. The van der Waals surface area contributed by atoms with Gasteiger partial charge in [0, 0.05) is 73.3 Å². The van der Waals surface area contributed by atoms with Crippen molar-refractivity contribution in [2.45, 2.75) is 210 Å². The fourth-order valence-electron chi connectivity index (χ4n) is 15.4. The Balaban J connectivity index is 0.996. The highest BCUT2D eigenvalue weighted by Gasteiger charge is 2.57. The zero-order valence-electron chi connectivity index (χ0n) is 41.4. The minimum atomic E-state index is -0.784. The van der Waals surface area contributed by atoms with Crippen molar-refractivity contribution in [1.29, 1.82) is 0 Å². The Morgan fingerprint density at radius 2 is 1.68 bits per heavy atom. The van der Waals surface area contributed by atoms with Crippen LogP contribution >= 0.6 is 21.6 Å². The molecule has 6 fully saturated rings. The number of ether oxygens (including phenoxy) is 2. The van der Waals surface area contributed by atoms with Crippen LogP contribution in [0.5, 0.6) is 11.5 Å². The molecule has 1 saturated heterocycles. The van der Waals surface area contributed by atoms with Crippen LogP contribution in [-0.2, 0) is 40.1 Å². The molecule has 3 spiro atoms. The molecule has 9 aliphatic rings. The topological polar surface area (TPSA) is 186 Å². The van der Waals surface area contributed by atoms with E-state index in [1.165, 1.54) is 77.6 Å². The molecular formula is C55H80N6O6S2. The Morgan fingerprint density at radius 1 is 0.899 bits per heavy atom. The highest BCUT2D eigenvalue weighted by Crippen LogP contribution is 2.64. The van der Waals surface area contributed by atoms with Crippen molar-refractivity contribution in [1.82, 2.24) is 15.2 Å². The minimum Gasteiger partial charge on any atom is -0.504 e. The summed E-state index contributed by atoms with van der Waals surface area (Å²) in [6.45, 7) is 2.71. The molecule has 12 nitrogen and oxygen atoms in total. The summed E-state index contributed by atoms with van der Waals surface area (Å²) in [5.41, 5.74) is 16.3. The van der Waals surface area contributed by atoms with Crippen LogP contribution in [0.15, 0.2) is 29.4 Å². The van der Waals surface area contributed by atoms with Crippen molar-refractivity contribution in [2.24, 2.45) is 38.8 Å². The number of anilines is 1. The van der Waals surface area contributed by atoms with Gasteiger partial charge in [0.1, 0.15) is 22.4 Å². The number of amides is 1. The molecule has 5 saturated carbocycles. The molecular weight excluding hydrogens is 905 g/mol. The molecule has 11 rings (SSSR count). The molecule has 2 aromatic rings. The van der Waals surface area contributed by atoms with Crippen molar-refractivity contribution in [3.05, 3.63) is 46.6 Å². The molecule has 14 heteroatoms. The number of nitrogen functional groups attached to an aromatic ring is 1. The molecule has 4 aliphatic heterocycles. The maximum Gasteiger partial charge on any atom is 0.303 e. The van der Waals surface area contributed by atoms with Crippen LogP contribution in [0.2, 0.25) is 0 Å². The first-order chi connectivity index (χ1) is 33.3. The maximum absolute atomic E-state index is 14.5. The highest BCUT2D eigenvalue weighted by atomic mass is 33.1. The second-order valence-corrected chi connectivity index (χ2v) is 26.1. The smallest absolute Gasteiger partial charge is 0.303 e. The number of hydrogen-bond acceptors (Lipinski definition) is 13. The summed E-state index contributed by atoms with van der Waals surface area (Å²) in [5, 5.41) is 28.2. The van der Waals surface area contributed by atoms with E-state index in [0.717, 1.165) is 86.7 Å². The summed E-state index contributed by atoms with van der Waals surface area (Å²) in [7, 11) is 4.13. The average molecular weight is 985 g/mol. The Hall–Kier alpha value is -3.36. The number of carbonyl (C=O) groups is 2. The van der Waals surface area contributed by atoms with Crippen LogP contribution in [0.25, 0.3) is 0 Å². The fourth-order valence-corrected chi connectivity index (χ4v) is 19.6. The lowest BCUT2D eigenvalue weighted by molar-refractivity contribution is -0.168. The zero-order valence-corrected chi connectivity index (χ0v) is 43.0. The van der Waals surface area contributed by atoms with Crippen molar-refractivity contribution in [3.63, 3.8) is 0 Å². The third-order valence-corrected chi connectivity index (χ3v) is 22.5. The van der Waals surface area contributed by atoms with E-state index in [0.29, 0.717) is 86.0 Å². The third-order valence-electron chi connectivity index (χ3n) is 19.0. The lowest BCUT2D eigenvalue weighted by Gasteiger charge is -2.44. The highest BCUT2D eigenvalue weighted by molar-refractivity contribution is 8.77. The molecule has 7 atom stereocenters. The number of guanidine groups is 1. The number of fused-ring (bicyclic) bond motifs is 12. The minimum absolute atomic E-state index is 0.0400. The van der Waals surface area contributed by atoms with Crippen LogP contribution in [0, 0.1) is 28.1 Å². The Kier molecular flexibility index (Phi) is 14.5. The number of esters is 1. The monoisotopic (exact) mass is 985 g/mol. The summed E-state index contributed by atoms with van der Waals surface area (Å²) in [5.74, 6) is 3.12. The summed E-state index contributed by atoms with van der Waals surface area (Å²) >= 11 is 0. The standard InChI is InChI=1S/C55H80N6O6S2/c1-37(62)67-54-24-14-39(44(63)32-54)10-7-19-51(17-2-3-18-51)36-68-69-55(23-8-22-53(55)20-4-5-21-53)60-50(57)59-28-26-52(31-38-16-27-58-46(56)29-38)33-47(64)61(35-52)34-42-30-41(15-25-54)43-13-12-40-9-6-11-45(40)66-49(43)48(42)65/h16,27,29-30,39-40,44-45,63,65H,2-15,17-26,28,31-36H2,1H3,(H2,56,58)(H3,57,59,60)/t39-,40-,44+,45-,52+,54+,55-/m0/s1. The predicted octanol–water partition coefficient (Wildman–Crippen LogP) is 10.1. The number of aliphatic hydroxyl groups is 1. The number of rotatable bonds is 3. The van der Waals surface area contributed by atoms with Crippen LogP contribution in [0.4, 0.5) is 5.82 Å². The van der Waals surface area contributed by atoms with Gasteiger partial charge in [-0.1, -0.05) is 53.7 Å². The Labute approximate surface area is 418 Å². The van der Waals surface area contributed by atoms with E-state index in [4.69, 9.17) is 25.9 Å². The number of phenols is 1. The summed E-state index contributed by atoms with van der Waals surface area (Å²) in [4.78, 5) is 38.5. The molecule has 69 heavy (non-hydrogen) atoms. The molecule has 1 aromatic carbocycles. The molecule has 378 valence electrons. The Bertz CT molecular complexity index is 2230. The van der Waals surface area contributed by atoms with Crippen molar-refractivity contribution < 1.29 is 29.3 Å². The summed E-state index contributed by atoms with van der Waals surface area (Å²) < 4.78 is 13.2. The second-order valence-electron chi connectivity index (χ2n) is 23.5. The van der Waals surface area contributed by atoms with Gasteiger partial charge in [-0.05, 0) is 175 Å². The number of aromatic hydroxyl groups is 1. The van der Waals surface area contributed by atoms with Crippen LogP contribution in [0.1, 0.15) is 183 Å². The van der Waals surface area contributed by atoms with Gasteiger partial charge in [0.15, 0.2) is 17.5 Å². The SMILES string of the molecule is CC(=O)O[C@@]12CCc3cc(c(O)c4c3CC[C@@H]3CCC[C@@H]3O4)CN3C[C@@](Cc4ccnc(N)c4)(CCN=C(N)N[C@@]4(CCCC45CCCC5)SSCC4(CCCC4)CCC[C@@H](CC1)[C@H](O)C2)CC3=O. The number of aliphatic hydroxyl groups excluding tert-OH is 1. The van der Waals surface area contributed by atoms with Gasteiger partial charge in [-0.2, -0.15) is 0 Å². The molecule has 5 heterocycles. The first-order valence-corrected chi connectivity index (χ1v) is 29.4. The number of aliphatic imine (C=N–C) groups is 1. The summed E-state index contributed by atoms with van der Waals surface area (Å²) in [6.07, 6.45) is 27.8. The van der Waals surface area contributed by atoms with Crippen molar-refractivity contribution in [2.75, 3.05) is 24.6 Å². The first-order valence-electron chi connectivity index (χ1n) is 27.1. The van der Waals surface area contributed by atoms with Gasteiger partial charge < -0.3 is 41.4 Å². The van der Waals surface area contributed by atoms with Crippen molar-refractivity contribution in [3.8, 4) is 11.5 Å². The molecule has 0 unspecified atom stereocenters. The van der Waals surface area contributed by atoms with E-state index >= 15 is 0 Å². The van der Waals surface area contributed by atoms with Crippen LogP contribution in [-0.4, -0.2) is 79.5 Å². The normalized spacial score (nSPS) is 34.0. The number of hydrogen-bond donors (Lipinski definition) is 5. The van der Waals surface area contributed by atoms with E-state index in [2.05, 4.69) is 38.0 Å². The molecule has 7 N–H and O–H groups in total. The quantitative estimate of drug-likeness (QED) is 0.145. The second kappa shape index (κ2) is 20.3. The number of aromatic nitrogens is 1. The number of nitrogens with two attached hydrogens (primary N) is 2. The molecule has 6 bridgehead atoms. The number of nitrogens with zero attached hydrogens (tertiary/aromatic N) is 3. The average Bonchev–Trinajstić information content (AvgIpc) is 4.16. The molecule has 0 radical (unpaired) electrons.